The SMILES string of the molecule is CC(CCCCNc1c(C(=O)N(C)C)cccc1[N+](=O)[O-])NC(N)=O. The molecule has 1 rings (SSSR count). The number of hydrogen-bond donors (Lipinski definition) is 3. The van der Waals surface area contributed by atoms with Crippen LogP contribution in [0, 0.1) is 10.1 Å². The average molecular weight is 351 g/mol. The molecule has 1 aromatic carbocycles. The van der Waals surface area contributed by atoms with Crippen LogP contribution in [-0.4, -0.2) is 48.4 Å². The highest BCUT2D eigenvalue weighted by Crippen LogP contribution is 2.29. The van der Waals surface area contributed by atoms with Gasteiger partial charge in [-0.05, 0) is 32.3 Å². The fraction of sp³-hybridized carbons (Fsp3) is 0.500. The van der Waals surface area contributed by atoms with Crippen LogP contribution in [0.25, 0.3) is 0 Å². The first-order valence-electron chi connectivity index (χ1n) is 8.03. The second-order valence-corrected chi connectivity index (χ2v) is 5.99. The Bertz CT molecular complexity index is 633. The summed E-state index contributed by atoms with van der Waals surface area (Å²) in [5, 5.41) is 16.8. The van der Waals surface area contributed by atoms with Gasteiger partial charge in [0.05, 0.1) is 10.5 Å². The maximum atomic E-state index is 12.2. The molecular formula is C16H25N5O4. The van der Waals surface area contributed by atoms with Crippen molar-refractivity contribution in [1.29, 1.82) is 0 Å². The molecule has 0 aliphatic rings. The summed E-state index contributed by atoms with van der Waals surface area (Å²) >= 11 is 0. The van der Waals surface area contributed by atoms with Gasteiger partial charge in [0.2, 0.25) is 0 Å². The van der Waals surface area contributed by atoms with Gasteiger partial charge < -0.3 is 21.3 Å². The van der Waals surface area contributed by atoms with Crippen LogP contribution in [0.5, 0.6) is 0 Å². The van der Waals surface area contributed by atoms with Crippen molar-refractivity contribution in [3.05, 3.63) is 33.9 Å². The summed E-state index contributed by atoms with van der Waals surface area (Å²) in [5.41, 5.74) is 5.42. The van der Waals surface area contributed by atoms with Crippen LogP contribution < -0.4 is 16.4 Å². The highest BCUT2D eigenvalue weighted by Gasteiger charge is 2.22. The van der Waals surface area contributed by atoms with E-state index in [0.717, 1.165) is 19.3 Å². The van der Waals surface area contributed by atoms with Crippen LogP contribution in [-0.2, 0) is 0 Å². The van der Waals surface area contributed by atoms with E-state index in [9.17, 15) is 19.7 Å². The summed E-state index contributed by atoms with van der Waals surface area (Å²) in [7, 11) is 3.19. The number of nitrogens with one attached hydrogen (secondary N) is 2. The number of hydrogen-bond acceptors (Lipinski definition) is 5. The van der Waals surface area contributed by atoms with Crippen LogP contribution in [0.2, 0.25) is 0 Å². The van der Waals surface area contributed by atoms with Gasteiger partial charge in [-0.15, -0.1) is 0 Å². The maximum Gasteiger partial charge on any atom is 0.312 e. The Morgan fingerprint density at radius 1 is 1.32 bits per heavy atom. The number of nitrogens with zero attached hydrogens (tertiary/aromatic N) is 2. The van der Waals surface area contributed by atoms with Crippen molar-refractivity contribution in [3.63, 3.8) is 0 Å². The lowest BCUT2D eigenvalue weighted by atomic mass is 10.1. The molecule has 0 aromatic heterocycles. The number of unbranched alkanes of at least 4 members (excludes halogenated alkanes) is 1. The molecule has 9 nitrogen and oxygen atoms in total. The summed E-state index contributed by atoms with van der Waals surface area (Å²) < 4.78 is 0. The number of carbonyl (C=O) groups excluding carboxylic acids is 2. The van der Waals surface area contributed by atoms with Crippen molar-refractivity contribution in [2.75, 3.05) is 26.0 Å². The number of nitrogens with two attached hydrogens (primary N) is 1. The van der Waals surface area contributed by atoms with Crippen LogP contribution in [0.15, 0.2) is 18.2 Å². The predicted molar refractivity (Wildman–Crippen MR) is 95.6 cm³/mol. The van der Waals surface area contributed by atoms with E-state index in [0.29, 0.717) is 6.54 Å². The van der Waals surface area contributed by atoms with Gasteiger partial charge >= 0.3 is 6.03 Å². The molecule has 1 atom stereocenters. The zero-order valence-corrected chi connectivity index (χ0v) is 14.7. The van der Waals surface area contributed by atoms with Crippen LogP contribution in [0.3, 0.4) is 0 Å². The molecule has 138 valence electrons. The molecule has 3 amide bonds. The third kappa shape index (κ3) is 6.28. The first kappa shape index (κ1) is 20.2. The number of benzene rings is 1. The summed E-state index contributed by atoms with van der Waals surface area (Å²) in [5.74, 6) is -0.300. The summed E-state index contributed by atoms with van der Waals surface area (Å²) in [6.45, 7) is 2.33. The van der Waals surface area contributed by atoms with E-state index in [1.165, 1.54) is 17.0 Å². The van der Waals surface area contributed by atoms with Crippen molar-refractivity contribution in [2.45, 2.75) is 32.2 Å². The molecule has 25 heavy (non-hydrogen) atoms. The highest BCUT2D eigenvalue weighted by molar-refractivity contribution is 6.01. The first-order valence-corrected chi connectivity index (χ1v) is 8.03. The largest absolute Gasteiger partial charge is 0.379 e. The molecule has 1 unspecified atom stereocenters. The second kappa shape index (κ2) is 9.45. The van der Waals surface area contributed by atoms with Crippen LogP contribution >= 0.6 is 0 Å². The lowest BCUT2D eigenvalue weighted by molar-refractivity contribution is -0.384. The second-order valence-electron chi connectivity index (χ2n) is 5.99. The van der Waals surface area contributed by atoms with E-state index in [-0.39, 0.29) is 28.9 Å². The minimum atomic E-state index is -0.558. The lowest BCUT2D eigenvalue weighted by Gasteiger charge is -2.16. The molecule has 0 saturated heterocycles. The Balaban J connectivity index is 2.72. The van der Waals surface area contributed by atoms with Gasteiger partial charge in [-0.3, -0.25) is 14.9 Å². The Morgan fingerprint density at radius 3 is 2.56 bits per heavy atom. The standard InChI is InChI=1S/C16H25N5O4/c1-11(19-16(17)23)7-4-5-10-18-14-12(15(22)20(2)3)8-6-9-13(14)21(24)25/h6,8-9,11,18H,4-5,7,10H2,1-3H3,(H3,17,19,23). The van der Waals surface area contributed by atoms with E-state index in [1.807, 2.05) is 6.92 Å². The van der Waals surface area contributed by atoms with Gasteiger partial charge in [0, 0.05) is 32.7 Å². The van der Waals surface area contributed by atoms with Crippen molar-refractivity contribution in [2.24, 2.45) is 5.73 Å². The van der Waals surface area contributed by atoms with Crippen molar-refractivity contribution in [3.8, 4) is 0 Å². The van der Waals surface area contributed by atoms with Crippen molar-refractivity contribution >= 4 is 23.3 Å². The Labute approximate surface area is 146 Å². The Hall–Kier alpha value is -2.84. The number of carbonyl (C=O) groups is 2. The van der Waals surface area contributed by atoms with Gasteiger partial charge in [0.15, 0.2) is 0 Å². The van der Waals surface area contributed by atoms with E-state index >= 15 is 0 Å². The zero-order valence-electron chi connectivity index (χ0n) is 14.7. The summed E-state index contributed by atoms with van der Waals surface area (Å²) in [6, 6.07) is 3.84. The quantitative estimate of drug-likeness (QED) is 0.355. The number of para-hydroxylation sites is 1. The normalized spacial score (nSPS) is 11.5. The number of primary amides is 1. The van der Waals surface area contributed by atoms with Gasteiger partial charge in [0.25, 0.3) is 11.6 Å². The van der Waals surface area contributed by atoms with E-state index in [4.69, 9.17) is 5.73 Å². The smallest absolute Gasteiger partial charge is 0.312 e. The van der Waals surface area contributed by atoms with Gasteiger partial charge in [0.1, 0.15) is 5.69 Å². The minimum absolute atomic E-state index is 0.0329. The van der Waals surface area contributed by atoms with E-state index in [2.05, 4.69) is 10.6 Å². The Kier molecular flexibility index (Phi) is 7.64. The molecular weight excluding hydrogens is 326 g/mol. The molecule has 0 spiro atoms. The lowest BCUT2D eigenvalue weighted by Crippen LogP contribution is -2.36. The van der Waals surface area contributed by atoms with Gasteiger partial charge in [-0.2, -0.15) is 0 Å². The summed E-state index contributed by atoms with van der Waals surface area (Å²) in [6.07, 6.45) is 2.27. The number of rotatable bonds is 9. The molecule has 0 saturated carbocycles. The number of amides is 3. The number of urea groups is 1. The van der Waals surface area contributed by atoms with Crippen molar-refractivity contribution < 1.29 is 14.5 Å². The Morgan fingerprint density at radius 2 is 2.00 bits per heavy atom. The summed E-state index contributed by atoms with van der Waals surface area (Å²) in [4.78, 5) is 35.1. The predicted octanol–water partition coefficient (Wildman–Crippen LogP) is 1.94. The fourth-order valence-electron chi connectivity index (χ4n) is 2.40. The molecule has 4 N–H and O–H groups in total. The molecule has 0 aliphatic carbocycles. The topological polar surface area (TPSA) is 131 Å². The molecule has 9 heteroatoms. The van der Waals surface area contributed by atoms with E-state index < -0.39 is 11.0 Å². The zero-order chi connectivity index (χ0) is 19.0. The number of nitro groups is 1. The fourth-order valence-corrected chi connectivity index (χ4v) is 2.40. The number of anilines is 1. The van der Waals surface area contributed by atoms with E-state index in [1.54, 1.807) is 20.2 Å². The molecule has 0 heterocycles. The monoisotopic (exact) mass is 351 g/mol. The maximum absolute atomic E-state index is 12.2. The molecule has 0 fully saturated rings. The van der Waals surface area contributed by atoms with Gasteiger partial charge in [-0.1, -0.05) is 6.07 Å². The molecule has 1 aromatic rings. The third-order valence-electron chi connectivity index (χ3n) is 3.63. The molecule has 0 radical (unpaired) electrons. The average Bonchev–Trinajstić information content (AvgIpc) is 2.52. The molecule has 0 aliphatic heterocycles. The minimum Gasteiger partial charge on any atom is -0.379 e. The number of nitro benzene ring substituents is 1. The van der Waals surface area contributed by atoms with Crippen LogP contribution in [0.4, 0.5) is 16.2 Å². The van der Waals surface area contributed by atoms with Crippen molar-refractivity contribution in [1.82, 2.24) is 10.2 Å². The molecule has 0 bridgehead atoms. The highest BCUT2D eigenvalue weighted by atomic mass is 16.6. The van der Waals surface area contributed by atoms with Crippen LogP contribution in [0.1, 0.15) is 36.5 Å². The third-order valence-corrected chi connectivity index (χ3v) is 3.63. The van der Waals surface area contributed by atoms with Gasteiger partial charge in [-0.25, -0.2) is 4.79 Å². The first-order chi connectivity index (χ1) is 11.7.